The minimum atomic E-state index is 0.0208. The first-order valence-electron chi connectivity index (χ1n) is 5.81. The topological polar surface area (TPSA) is 38.5 Å². The Balaban J connectivity index is 2.55. The number of rotatable bonds is 2. The van der Waals surface area contributed by atoms with E-state index in [4.69, 9.17) is 10.5 Å². The van der Waals surface area contributed by atoms with Crippen LogP contribution in [0.15, 0.2) is 12.1 Å². The lowest BCUT2D eigenvalue weighted by molar-refractivity contribution is 0.400. The molecule has 0 aliphatic carbocycles. The Morgan fingerprint density at radius 3 is 2.81 bits per heavy atom. The summed E-state index contributed by atoms with van der Waals surface area (Å²) in [5, 5.41) is 0. The van der Waals surface area contributed by atoms with Gasteiger partial charge in [0.25, 0.3) is 0 Å². The first kappa shape index (κ1) is 11.3. The number of methoxy groups -OCH3 is 1. The molecule has 0 saturated heterocycles. The van der Waals surface area contributed by atoms with Gasteiger partial charge in [0.15, 0.2) is 0 Å². The summed E-state index contributed by atoms with van der Waals surface area (Å²) in [4.78, 5) is 2.28. The van der Waals surface area contributed by atoms with Crippen molar-refractivity contribution in [3.63, 3.8) is 0 Å². The maximum Gasteiger partial charge on any atom is 0.128 e. The number of hydrogen-bond donors (Lipinski definition) is 1. The molecular weight excluding hydrogens is 200 g/mol. The maximum absolute atomic E-state index is 5.96. The van der Waals surface area contributed by atoms with E-state index in [1.165, 1.54) is 17.7 Å². The molecule has 1 heterocycles. The SMILES string of the molecule is COc1c(C(C)N)ccc2c1CCCN2C. The summed E-state index contributed by atoms with van der Waals surface area (Å²) in [6.07, 6.45) is 2.27. The number of anilines is 1. The van der Waals surface area contributed by atoms with Crippen LogP contribution in [0.3, 0.4) is 0 Å². The van der Waals surface area contributed by atoms with Crippen LogP contribution in [0, 0.1) is 0 Å². The second-order valence-corrected chi connectivity index (χ2v) is 4.50. The molecular formula is C13H20N2O. The van der Waals surface area contributed by atoms with Gasteiger partial charge in [0.1, 0.15) is 5.75 Å². The highest BCUT2D eigenvalue weighted by molar-refractivity contribution is 5.63. The average molecular weight is 220 g/mol. The fraction of sp³-hybridized carbons (Fsp3) is 0.538. The van der Waals surface area contributed by atoms with Crippen molar-refractivity contribution in [1.82, 2.24) is 0 Å². The van der Waals surface area contributed by atoms with E-state index in [0.717, 1.165) is 24.3 Å². The lowest BCUT2D eigenvalue weighted by atomic mass is 9.95. The van der Waals surface area contributed by atoms with E-state index in [0.29, 0.717) is 0 Å². The standard InChI is InChI=1S/C13H20N2O/c1-9(14)10-6-7-12-11(13(10)16-3)5-4-8-15(12)2/h6-7,9H,4-5,8,14H2,1-3H3. The number of benzene rings is 1. The van der Waals surface area contributed by atoms with Crippen molar-refractivity contribution in [3.05, 3.63) is 23.3 Å². The highest BCUT2D eigenvalue weighted by Crippen LogP contribution is 2.37. The quantitative estimate of drug-likeness (QED) is 0.829. The van der Waals surface area contributed by atoms with E-state index < -0.39 is 0 Å². The zero-order valence-corrected chi connectivity index (χ0v) is 10.3. The molecule has 1 aromatic carbocycles. The van der Waals surface area contributed by atoms with Crippen LogP contribution in [-0.4, -0.2) is 20.7 Å². The summed E-state index contributed by atoms with van der Waals surface area (Å²) in [7, 11) is 3.86. The monoisotopic (exact) mass is 220 g/mol. The van der Waals surface area contributed by atoms with E-state index in [9.17, 15) is 0 Å². The molecule has 16 heavy (non-hydrogen) atoms. The molecule has 1 aliphatic heterocycles. The number of hydrogen-bond acceptors (Lipinski definition) is 3. The Morgan fingerprint density at radius 1 is 1.44 bits per heavy atom. The van der Waals surface area contributed by atoms with Gasteiger partial charge in [-0.25, -0.2) is 0 Å². The van der Waals surface area contributed by atoms with Crippen molar-refractivity contribution in [3.8, 4) is 5.75 Å². The van der Waals surface area contributed by atoms with Gasteiger partial charge in [-0.15, -0.1) is 0 Å². The van der Waals surface area contributed by atoms with Crippen LogP contribution in [0.25, 0.3) is 0 Å². The molecule has 0 spiro atoms. The molecule has 0 fully saturated rings. The van der Waals surface area contributed by atoms with Crippen LogP contribution in [0.2, 0.25) is 0 Å². The Morgan fingerprint density at radius 2 is 2.19 bits per heavy atom. The van der Waals surface area contributed by atoms with Crippen molar-refractivity contribution >= 4 is 5.69 Å². The minimum absolute atomic E-state index is 0.0208. The smallest absolute Gasteiger partial charge is 0.128 e. The fourth-order valence-electron chi connectivity index (χ4n) is 2.45. The molecule has 1 aromatic rings. The van der Waals surface area contributed by atoms with Crippen LogP contribution >= 0.6 is 0 Å². The normalized spacial score (nSPS) is 16.9. The molecule has 1 atom stereocenters. The lowest BCUT2D eigenvalue weighted by Crippen LogP contribution is -2.25. The first-order chi connectivity index (χ1) is 7.65. The van der Waals surface area contributed by atoms with Gasteiger partial charge in [-0.05, 0) is 25.8 Å². The third kappa shape index (κ3) is 1.76. The van der Waals surface area contributed by atoms with Crippen molar-refractivity contribution in [2.45, 2.75) is 25.8 Å². The zero-order chi connectivity index (χ0) is 11.7. The van der Waals surface area contributed by atoms with Gasteiger partial charge in [0, 0.05) is 36.4 Å². The van der Waals surface area contributed by atoms with Gasteiger partial charge < -0.3 is 15.4 Å². The molecule has 3 nitrogen and oxygen atoms in total. The van der Waals surface area contributed by atoms with Crippen molar-refractivity contribution in [2.24, 2.45) is 5.73 Å². The van der Waals surface area contributed by atoms with Crippen LogP contribution < -0.4 is 15.4 Å². The molecule has 1 aliphatic rings. The van der Waals surface area contributed by atoms with Crippen LogP contribution in [0.5, 0.6) is 5.75 Å². The van der Waals surface area contributed by atoms with Gasteiger partial charge in [-0.2, -0.15) is 0 Å². The molecule has 1 unspecified atom stereocenters. The average Bonchev–Trinajstić information content (AvgIpc) is 2.27. The molecule has 2 N–H and O–H groups in total. The van der Waals surface area contributed by atoms with E-state index in [-0.39, 0.29) is 6.04 Å². The van der Waals surface area contributed by atoms with E-state index in [1.54, 1.807) is 7.11 Å². The first-order valence-corrected chi connectivity index (χ1v) is 5.81. The van der Waals surface area contributed by atoms with E-state index in [1.807, 2.05) is 6.92 Å². The molecule has 0 aromatic heterocycles. The van der Waals surface area contributed by atoms with Crippen molar-refractivity contribution in [1.29, 1.82) is 0 Å². The third-order valence-corrected chi connectivity index (χ3v) is 3.29. The van der Waals surface area contributed by atoms with Gasteiger partial charge in [0.05, 0.1) is 7.11 Å². The van der Waals surface area contributed by atoms with Crippen LogP contribution in [0.4, 0.5) is 5.69 Å². The summed E-state index contributed by atoms with van der Waals surface area (Å²) in [5.41, 5.74) is 9.67. The predicted octanol–water partition coefficient (Wildman–Crippen LogP) is 2.10. The van der Waals surface area contributed by atoms with Gasteiger partial charge in [0.2, 0.25) is 0 Å². The highest BCUT2D eigenvalue weighted by Gasteiger charge is 2.21. The molecule has 3 heteroatoms. The largest absolute Gasteiger partial charge is 0.496 e. The van der Waals surface area contributed by atoms with Gasteiger partial charge >= 0.3 is 0 Å². The van der Waals surface area contributed by atoms with Gasteiger partial charge in [-0.1, -0.05) is 6.07 Å². The molecule has 88 valence electrons. The number of ether oxygens (including phenoxy) is 1. The number of fused-ring (bicyclic) bond motifs is 1. The summed E-state index contributed by atoms with van der Waals surface area (Å²) in [6, 6.07) is 4.27. The second kappa shape index (κ2) is 4.34. The molecule has 0 amide bonds. The fourth-order valence-corrected chi connectivity index (χ4v) is 2.45. The van der Waals surface area contributed by atoms with Crippen LogP contribution in [0.1, 0.15) is 30.5 Å². The van der Waals surface area contributed by atoms with Crippen LogP contribution in [-0.2, 0) is 6.42 Å². The lowest BCUT2D eigenvalue weighted by Gasteiger charge is -2.30. The summed E-state index contributed by atoms with van der Waals surface area (Å²) >= 11 is 0. The Hall–Kier alpha value is -1.22. The van der Waals surface area contributed by atoms with E-state index in [2.05, 4.69) is 24.1 Å². The zero-order valence-electron chi connectivity index (χ0n) is 10.3. The predicted molar refractivity (Wildman–Crippen MR) is 67.2 cm³/mol. The molecule has 2 rings (SSSR count). The summed E-state index contributed by atoms with van der Waals surface area (Å²) < 4.78 is 5.55. The minimum Gasteiger partial charge on any atom is -0.496 e. The maximum atomic E-state index is 5.96. The Bertz CT molecular complexity index is 373. The number of nitrogens with two attached hydrogens (primary N) is 1. The molecule has 0 radical (unpaired) electrons. The Labute approximate surface area is 97.2 Å². The van der Waals surface area contributed by atoms with Gasteiger partial charge in [-0.3, -0.25) is 0 Å². The molecule has 0 bridgehead atoms. The highest BCUT2D eigenvalue weighted by atomic mass is 16.5. The summed E-state index contributed by atoms with van der Waals surface area (Å²) in [5.74, 6) is 0.985. The second-order valence-electron chi connectivity index (χ2n) is 4.50. The van der Waals surface area contributed by atoms with Crippen molar-refractivity contribution in [2.75, 3.05) is 25.6 Å². The van der Waals surface area contributed by atoms with E-state index >= 15 is 0 Å². The third-order valence-electron chi connectivity index (χ3n) is 3.29. The molecule has 0 saturated carbocycles. The van der Waals surface area contributed by atoms with Crippen molar-refractivity contribution < 1.29 is 4.74 Å². The Kier molecular flexibility index (Phi) is 3.06. The summed E-state index contributed by atoms with van der Waals surface area (Å²) in [6.45, 7) is 3.12. The number of nitrogens with zero attached hydrogens (tertiary/aromatic N) is 1.